The third kappa shape index (κ3) is 5.15. The molecule has 0 atom stereocenters. The van der Waals surface area contributed by atoms with Gasteiger partial charge in [-0.1, -0.05) is 11.2 Å². The summed E-state index contributed by atoms with van der Waals surface area (Å²) in [4.78, 5) is 4.69. The highest BCUT2D eigenvalue weighted by Crippen LogP contribution is 2.33. The fourth-order valence-electron chi connectivity index (χ4n) is 1.98. The Morgan fingerprint density at radius 3 is 2.44 bits per heavy atom. The van der Waals surface area contributed by atoms with E-state index in [2.05, 4.69) is 9.88 Å². The lowest BCUT2D eigenvalue weighted by Crippen LogP contribution is -2.11. The zero-order chi connectivity index (χ0) is 18.6. The Hall–Kier alpha value is -2.68. The molecule has 0 aliphatic heterocycles. The van der Waals surface area contributed by atoms with Crippen molar-refractivity contribution in [3.63, 3.8) is 0 Å². The van der Waals surface area contributed by atoms with E-state index in [0.29, 0.717) is 17.3 Å². The van der Waals surface area contributed by atoms with E-state index in [1.807, 2.05) is 0 Å². The molecule has 25 heavy (non-hydrogen) atoms. The van der Waals surface area contributed by atoms with Crippen molar-refractivity contribution in [1.82, 2.24) is 0 Å². The van der Waals surface area contributed by atoms with Gasteiger partial charge in [0.25, 0.3) is 0 Å². The number of anilines is 1. The lowest BCUT2D eigenvalue weighted by molar-refractivity contribution is 0.213. The Morgan fingerprint density at radius 2 is 1.84 bits per heavy atom. The summed E-state index contributed by atoms with van der Waals surface area (Å²) >= 11 is 0. The highest BCUT2D eigenvalue weighted by Gasteiger charge is 2.14. The monoisotopic (exact) mass is 370 g/mol. The van der Waals surface area contributed by atoms with E-state index in [4.69, 9.17) is 9.57 Å². The van der Waals surface area contributed by atoms with Crippen molar-refractivity contribution in [3.8, 4) is 11.5 Å². The molecule has 6 nitrogen and oxygen atoms in total. The van der Waals surface area contributed by atoms with Gasteiger partial charge in [-0.05, 0) is 31.2 Å². The SMILES string of the molecule is CO/N=C(\C)c1ccc(NS(C)(=O)=O)c(Oc2ccc(F)cc2F)c1. The number of rotatable bonds is 6. The average molecular weight is 370 g/mol. The van der Waals surface area contributed by atoms with Crippen molar-refractivity contribution in [2.75, 3.05) is 18.1 Å². The van der Waals surface area contributed by atoms with Crippen LogP contribution in [0, 0.1) is 11.6 Å². The van der Waals surface area contributed by atoms with Gasteiger partial charge in [-0.3, -0.25) is 4.72 Å². The lowest BCUT2D eigenvalue weighted by Gasteiger charge is -2.14. The largest absolute Gasteiger partial charge is 0.452 e. The first kappa shape index (κ1) is 18.7. The second-order valence-corrected chi connectivity index (χ2v) is 6.87. The molecule has 0 aliphatic rings. The van der Waals surface area contributed by atoms with Crippen LogP contribution in [0.15, 0.2) is 41.6 Å². The molecule has 0 aromatic heterocycles. The van der Waals surface area contributed by atoms with Gasteiger partial charge in [0.2, 0.25) is 10.0 Å². The van der Waals surface area contributed by atoms with Crippen LogP contribution in [0.2, 0.25) is 0 Å². The number of nitrogens with zero attached hydrogens (tertiary/aromatic N) is 1. The van der Waals surface area contributed by atoms with E-state index < -0.39 is 21.7 Å². The van der Waals surface area contributed by atoms with Crippen LogP contribution in [0.5, 0.6) is 11.5 Å². The zero-order valence-corrected chi connectivity index (χ0v) is 14.5. The van der Waals surface area contributed by atoms with E-state index in [9.17, 15) is 17.2 Å². The first-order chi connectivity index (χ1) is 11.7. The number of hydrogen-bond acceptors (Lipinski definition) is 5. The molecule has 134 valence electrons. The maximum atomic E-state index is 13.8. The molecule has 0 amide bonds. The Labute approximate surface area is 144 Å². The summed E-state index contributed by atoms with van der Waals surface area (Å²) in [6.45, 7) is 1.67. The summed E-state index contributed by atoms with van der Waals surface area (Å²) in [5.74, 6) is -1.90. The molecular weight excluding hydrogens is 354 g/mol. The number of benzene rings is 2. The van der Waals surface area contributed by atoms with Crippen molar-refractivity contribution in [3.05, 3.63) is 53.6 Å². The Balaban J connectivity index is 2.49. The third-order valence-corrected chi connectivity index (χ3v) is 3.63. The van der Waals surface area contributed by atoms with E-state index in [1.165, 1.54) is 19.2 Å². The molecule has 2 aromatic carbocycles. The van der Waals surface area contributed by atoms with Gasteiger partial charge in [-0.2, -0.15) is 0 Å². The maximum Gasteiger partial charge on any atom is 0.229 e. The van der Waals surface area contributed by atoms with Gasteiger partial charge in [0.05, 0.1) is 17.7 Å². The second-order valence-electron chi connectivity index (χ2n) is 5.12. The fraction of sp³-hybridized carbons (Fsp3) is 0.188. The van der Waals surface area contributed by atoms with E-state index in [1.54, 1.807) is 13.0 Å². The molecule has 0 heterocycles. The molecule has 9 heteroatoms. The molecule has 1 N–H and O–H groups in total. The van der Waals surface area contributed by atoms with Gasteiger partial charge in [-0.15, -0.1) is 0 Å². The molecule has 2 aromatic rings. The average Bonchev–Trinajstić information content (AvgIpc) is 2.50. The van der Waals surface area contributed by atoms with E-state index in [0.717, 1.165) is 18.4 Å². The first-order valence-electron chi connectivity index (χ1n) is 7.02. The molecule has 2 rings (SSSR count). The number of hydrogen-bond donors (Lipinski definition) is 1. The van der Waals surface area contributed by atoms with Gasteiger partial charge < -0.3 is 9.57 Å². The minimum Gasteiger partial charge on any atom is -0.452 e. The normalized spacial score (nSPS) is 12.0. The Morgan fingerprint density at radius 1 is 1.12 bits per heavy atom. The summed E-state index contributed by atoms with van der Waals surface area (Å²) in [6, 6.07) is 7.32. The summed E-state index contributed by atoms with van der Waals surface area (Å²) in [5, 5.41) is 3.78. The van der Waals surface area contributed by atoms with Crippen LogP contribution in [0.3, 0.4) is 0 Å². The van der Waals surface area contributed by atoms with Gasteiger partial charge in [0.1, 0.15) is 12.9 Å². The van der Waals surface area contributed by atoms with Crippen molar-refractivity contribution in [1.29, 1.82) is 0 Å². The van der Waals surface area contributed by atoms with E-state index in [-0.39, 0.29) is 17.2 Å². The highest BCUT2D eigenvalue weighted by atomic mass is 32.2. The van der Waals surface area contributed by atoms with Crippen LogP contribution in [0.4, 0.5) is 14.5 Å². The summed E-state index contributed by atoms with van der Waals surface area (Å²) < 4.78 is 57.6. The number of ether oxygens (including phenoxy) is 1. The summed E-state index contributed by atoms with van der Waals surface area (Å²) in [7, 11) is -2.21. The van der Waals surface area contributed by atoms with Crippen molar-refractivity contribution in [2.45, 2.75) is 6.92 Å². The summed E-state index contributed by atoms with van der Waals surface area (Å²) in [5.41, 5.74) is 1.16. The minimum atomic E-state index is -3.59. The molecular formula is C16H16F2N2O4S. The van der Waals surface area contributed by atoms with Crippen LogP contribution < -0.4 is 9.46 Å². The molecule has 0 saturated carbocycles. The molecule has 0 unspecified atom stereocenters. The van der Waals surface area contributed by atoms with E-state index >= 15 is 0 Å². The van der Waals surface area contributed by atoms with Gasteiger partial charge in [-0.25, -0.2) is 17.2 Å². The Kier molecular flexibility index (Phi) is 5.58. The number of oxime groups is 1. The minimum absolute atomic E-state index is 0.0269. The predicted molar refractivity (Wildman–Crippen MR) is 90.6 cm³/mol. The second kappa shape index (κ2) is 7.47. The highest BCUT2D eigenvalue weighted by molar-refractivity contribution is 7.92. The zero-order valence-electron chi connectivity index (χ0n) is 13.7. The first-order valence-corrected chi connectivity index (χ1v) is 8.91. The molecule has 0 bridgehead atoms. The van der Waals surface area contributed by atoms with Crippen molar-refractivity contribution < 1.29 is 26.8 Å². The number of sulfonamides is 1. The topological polar surface area (TPSA) is 77.0 Å². The smallest absolute Gasteiger partial charge is 0.229 e. The van der Waals surface area contributed by atoms with Crippen LogP contribution >= 0.6 is 0 Å². The predicted octanol–water partition coefficient (Wildman–Crippen LogP) is 3.50. The molecule has 0 radical (unpaired) electrons. The van der Waals surface area contributed by atoms with Crippen LogP contribution in [0.25, 0.3) is 0 Å². The van der Waals surface area contributed by atoms with Crippen LogP contribution in [0.1, 0.15) is 12.5 Å². The van der Waals surface area contributed by atoms with Gasteiger partial charge >= 0.3 is 0 Å². The summed E-state index contributed by atoms with van der Waals surface area (Å²) in [6.07, 6.45) is 0.973. The van der Waals surface area contributed by atoms with Crippen molar-refractivity contribution in [2.24, 2.45) is 5.16 Å². The number of halogens is 2. The fourth-order valence-corrected chi connectivity index (χ4v) is 2.55. The molecule has 0 saturated heterocycles. The number of nitrogens with one attached hydrogen (secondary N) is 1. The molecule has 0 aliphatic carbocycles. The molecule has 0 spiro atoms. The van der Waals surface area contributed by atoms with Crippen LogP contribution in [-0.4, -0.2) is 27.5 Å². The quantitative estimate of drug-likeness (QED) is 0.624. The van der Waals surface area contributed by atoms with Gasteiger partial charge in [0, 0.05) is 11.6 Å². The molecule has 0 fully saturated rings. The third-order valence-electron chi connectivity index (χ3n) is 3.04. The van der Waals surface area contributed by atoms with Crippen LogP contribution in [-0.2, 0) is 14.9 Å². The Bertz CT molecular complexity index is 914. The van der Waals surface area contributed by atoms with Gasteiger partial charge in [0.15, 0.2) is 17.3 Å². The maximum absolute atomic E-state index is 13.8. The van der Waals surface area contributed by atoms with Crippen molar-refractivity contribution >= 4 is 21.4 Å². The lowest BCUT2D eigenvalue weighted by atomic mass is 10.1. The standard InChI is InChI=1S/C16H16F2N2O4S/c1-10(19-23-2)11-4-6-14(20-25(3,21)22)16(8-11)24-15-7-5-12(17)9-13(15)18/h4-9,20H,1-3H3/b19-10+.